The maximum absolute atomic E-state index is 12.1. The molecule has 0 atom stereocenters. The molecular weight excluding hydrogens is 296 g/mol. The SMILES string of the molecule is CCOc1ccccc1OCC(=O)N(C)CCN1CCCC1=O. The summed E-state index contributed by atoms with van der Waals surface area (Å²) < 4.78 is 11.0. The molecular formula is C17H24N2O4. The smallest absolute Gasteiger partial charge is 0.260 e. The molecule has 0 spiro atoms. The van der Waals surface area contributed by atoms with Crippen LogP contribution in [0, 0.1) is 0 Å². The summed E-state index contributed by atoms with van der Waals surface area (Å²) in [6, 6.07) is 7.29. The largest absolute Gasteiger partial charge is 0.490 e. The molecule has 0 N–H and O–H groups in total. The van der Waals surface area contributed by atoms with Crippen molar-refractivity contribution in [2.75, 3.05) is 39.9 Å². The van der Waals surface area contributed by atoms with Gasteiger partial charge in [0.05, 0.1) is 6.61 Å². The molecule has 0 unspecified atom stereocenters. The van der Waals surface area contributed by atoms with Crippen molar-refractivity contribution in [2.45, 2.75) is 19.8 Å². The highest BCUT2D eigenvalue weighted by Crippen LogP contribution is 2.26. The standard InChI is InChI=1S/C17H24N2O4/c1-3-22-14-7-4-5-8-15(14)23-13-17(21)18(2)11-12-19-10-6-9-16(19)20/h4-5,7-8H,3,6,9-13H2,1-2H3. The monoisotopic (exact) mass is 320 g/mol. The van der Waals surface area contributed by atoms with Gasteiger partial charge in [-0.1, -0.05) is 12.1 Å². The highest BCUT2D eigenvalue weighted by molar-refractivity contribution is 5.79. The Kier molecular flexibility index (Phi) is 6.26. The van der Waals surface area contributed by atoms with Gasteiger partial charge in [0.25, 0.3) is 5.91 Å². The van der Waals surface area contributed by atoms with Gasteiger partial charge in [0.1, 0.15) is 0 Å². The minimum atomic E-state index is -0.122. The summed E-state index contributed by atoms with van der Waals surface area (Å²) in [5.74, 6) is 1.25. The fourth-order valence-electron chi connectivity index (χ4n) is 2.43. The van der Waals surface area contributed by atoms with Crippen LogP contribution in [-0.4, -0.2) is 61.5 Å². The quantitative estimate of drug-likeness (QED) is 0.729. The van der Waals surface area contributed by atoms with Gasteiger partial charge in [0.15, 0.2) is 18.1 Å². The van der Waals surface area contributed by atoms with E-state index in [4.69, 9.17) is 9.47 Å². The molecule has 0 saturated carbocycles. The van der Waals surface area contributed by atoms with E-state index in [9.17, 15) is 9.59 Å². The lowest BCUT2D eigenvalue weighted by Gasteiger charge is -2.22. The molecule has 6 heteroatoms. The first-order valence-electron chi connectivity index (χ1n) is 7.98. The van der Waals surface area contributed by atoms with Gasteiger partial charge in [-0.3, -0.25) is 9.59 Å². The molecule has 1 heterocycles. The number of amides is 2. The van der Waals surface area contributed by atoms with Crippen molar-refractivity contribution in [1.29, 1.82) is 0 Å². The van der Waals surface area contributed by atoms with E-state index in [2.05, 4.69) is 0 Å². The average molecular weight is 320 g/mol. The van der Waals surface area contributed by atoms with Gasteiger partial charge >= 0.3 is 0 Å². The second kappa shape index (κ2) is 8.41. The van der Waals surface area contributed by atoms with Gasteiger partial charge < -0.3 is 19.3 Å². The Balaban J connectivity index is 1.78. The number of likely N-dealkylation sites (tertiary alicyclic amines) is 1. The van der Waals surface area contributed by atoms with Crippen LogP contribution in [0.4, 0.5) is 0 Å². The fourth-order valence-corrected chi connectivity index (χ4v) is 2.43. The highest BCUT2D eigenvalue weighted by Gasteiger charge is 2.21. The van der Waals surface area contributed by atoms with Crippen molar-refractivity contribution in [1.82, 2.24) is 9.80 Å². The first-order chi connectivity index (χ1) is 11.1. The molecule has 2 rings (SSSR count). The number of carbonyl (C=O) groups is 2. The van der Waals surface area contributed by atoms with Gasteiger partial charge in [0.2, 0.25) is 5.91 Å². The topological polar surface area (TPSA) is 59.1 Å². The van der Waals surface area contributed by atoms with Crippen molar-refractivity contribution in [2.24, 2.45) is 0 Å². The minimum Gasteiger partial charge on any atom is -0.490 e. The summed E-state index contributed by atoms with van der Waals surface area (Å²) in [4.78, 5) is 27.1. The number of likely N-dealkylation sites (N-methyl/N-ethyl adjacent to an activating group) is 1. The van der Waals surface area contributed by atoms with Crippen molar-refractivity contribution < 1.29 is 19.1 Å². The van der Waals surface area contributed by atoms with Crippen LogP contribution in [-0.2, 0) is 9.59 Å². The van der Waals surface area contributed by atoms with E-state index >= 15 is 0 Å². The first kappa shape index (κ1) is 17.1. The number of rotatable bonds is 8. The van der Waals surface area contributed by atoms with E-state index in [-0.39, 0.29) is 18.4 Å². The summed E-state index contributed by atoms with van der Waals surface area (Å²) in [5.41, 5.74) is 0. The van der Waals surface area contributed by atoms with Crippen LogP contribution >= 0.6 is 0 Å². The van der Waals surface area contributed by atoms with Crippen LogP contribution in [0.2, 0.25) is 0 Å². The first-order valence-corrected chi connectivity index (χ1v) is 7.98. The molecule has 1 aromatic rings. The molecule has 1 aromatic carbocycles. The third kappa shape index (κ3) is 4.87. The van der Waals surface area contributed by atoms with Crippen LogP contribution in [0.1, 0.15) is 19.8 Å². The summed E-state index contributed by atoms with van der Waals surface area (Å²) in [6.07, 6.45) is 1.53. The Morgan fingerprint density at radius 1 is 1.26 bits per heavy atom. The molecule has 1 fully saturated rings. The number of ether oxygens (including phenoxy) is 2. The molecule has 0 bridgehead atoms. The van der Waals surface area contributed by atoms with Crippen molar-refractivity contribution in [3.05, 3.63) is 24.3 Å². The molecule has 2 amide bonds. The van der Waals surface area contributed by atoms with Gasteiger partial charge in [-0.2, -0.15) is 0 Å². The molecule has 1 aliphatic rings. The second-order valence-electron chi connectivity index (χ2n) is 5.47. The van der Waals surface area contributed by atoms with Crippen LogP contribution in [0.25, 0.3) is 0 Å². The zero-order valence-corrected chi connectivity index (χ0v) is 13.8. The van der Waals surface area contributed by atoms with Gasteiger partial charge in [-0.15, -0.1) is 0 Å². The summed E-state index contributed by atoms with van der Waals surface area (Å²) >= 11 is 0. The summed E-state index contributed by atoms with van der Waals surface area (Å²) in [7, 11) is 1.72. The lowest BCUT2D eigenvalue weighted by atomic mass is 10.3. The Bertz CT molecular complexity index is 547. The molecule has 0 aliphatic carbocycles. The lowest BCUT2D eigenvalue weighted by Crippen LogP contribution is -2.38. The molecule has 126 valence electrons. The minimum absolute atomic E-state index is 0.0471. The van der Waals surface area contributed by atoms with Gasteiger partial charge in [-0.05, 0) is 25.5 Å². The zero-order chi connectivity index (χ0) is 16.7. The number of hydrogen-bond donors (Lipinski definition) is 0. The van der Waals surface area contributed by atoms with Crippen LogP contribution in [0.15, 0.2) is 24.3 Å². The average Bonchev–Trinajstić information content (AvgIpc) is 2.97. The zero-order valence-electron chi connectivity index (χ0n) is 13.8. The Labute approximate surface area is 137 Å². The van der Waals surface area contributed by atoms with Gasteiger partial charge in [-0.25, -0.2) is 0 Å². The maximum Gasteiger partial charge on any atom is 0.260 e. The van der Waals surface area contributed by atoms with E-state index in [1.165, 1.54) is 0 Å². The molecule has 23 heavy (non-hydrogen) atoms. The third-order valence-corrected chi connectivity index (χ3v) is 3.80. The predicted molar refractivity (Wildman–Crippen MR) is 86.6 cm³/mol. The maximum atomic E-state index is 12.1. The fraction of sp³-hybridized carbons (Fsp3) is 0.529. The predicted octanol–water partition coefficient (Wildman–Crippen LogP) is 1.54. The molecule has 0 radical (unpaired) electrons. The highest BCUT2D eigenvalue weighted by atomic mass is 16.5. The van der Waals surface area contributed by atoms with E-state index in [0.29, 0.717) is 37.6 Å². The van der Waals surface area contributed by atoms with E-state index in [1.54, 1.807) is 22.9 Å². The van der Waals surface area contributed by atoms with Crippen LogP contribution in [0.3, 0.4) is 0 Å². The van der Waals surface area contributed by atoms with Crippen molar-refractivity contribution in [3.8, 4) is 11.5 Å². The lowest BCUT2D eigenvalue weighted by molar-refractivity contribution is -0.134. The number of benzene rings is 1. The molecule has 1 saturated heterocycles. The number of carbonyl (C=O) groups excluding carboxylic acids is 2. The van der Waals surface area contributed by atoms with E-state index < -0.39 is 0 Å². The summed E-state index contributed by atoms with van der Waals surface area (Å²) in [5, 5.41) is 0. The molecule has 6 nitrogen and oxygen atoms in total. The van der Waals surface area contributed by atoms with Gasteiger partial charge in [0, 0.05) is 33.1 Å². The number of nitrogens with zero attached hydrogens (tertiary/aromatic N) is 2. The number of para-hydroxylation sites is 2. The molecule has 0 aromatic heterocycles. The Hall–Kier alpha value is -2.24. The molecule has 1 aliphatic heterocycles. The van der Waals surface area contributed by atoms with Crippen molar-refractivity contribution in [3.63, 3.8) is 0 Å². The van der Waals surface area contributed by atoms with Crippen LogP contribution in [0.5, 0.6) is 11.5 Å². The Morgan fingerprint density at radius 3 is 2.57 bits per heavy atom. The van der Waals surface area contributed by atoms with E-state index in [1.807, 2.05) is 25.1 Å². The normalized spacial score (nSPS) is 14.0. The summed E-state index contributed by atoms with van der Waals surface area (Å²) in [6.45, 7) is 4.28. The second-order valence-corrected chi connectivity index (χ2v) is 5.47. The number of hydrogen-bond acceptors (Lipinski definition) is 4. The van der Waals surface area contributed by atoms with Crippen molar-refractivity contribution >= 4 is 11.8 Å². The van der Waals surface area contributed by atoms with Crippen LogP contribution < -0.4 is 9.47 Å². The van der Waals surface area contributed by atoms with E-state index in [0.717, 1.165) is 13.0 Å². The third-order valence-electron chi connectivity index (χ3n) is 3.80. The Morgan fingerprint density at radius 2 is 1.96 bits per heavy atom.